The summed E-state index contributed by atoms with van der Waals surface area (Å²) in [6.07, 6.45) is 1.22. The van der Waals surface area contributed by atoms with Gasteiger partial charge in [-0.05, 0) is 49.1 Å². The van der Waals surface area contributed by atoms with E-state index >= 15 is 0 Å². The number of hydrogen-bond acceptors (Lipinski definition) is 2. The van der Waals surface area contributed by atoms with Gasteiger partial charge >= 0.3 is 0 Å². The first-order valence-corrected chi connectivity index (χ1v) is 6.88. The van der Waals surface area contributed by atoms with Crippen LogP contribution < -0.4 is 4.74 Å². The average molecular weight is 272 g/mol. The molecule has 0 saturated carbocycles. The molecule has 0 spiro atoms. The lowest BCUT2D eigenvalue weighted by molar-refractivity contribution is 0.0792. The van der Waals surface area contributed by atoms with E-state index in [0.717, 1.165) is 16.7 Å². The minimum absolute atomic E-state index is 0.258. The molecule has 2 nitrogen and oxygen atoms in total. The van der Waals surface area contributed by atoms with Crippen LogP contribution >= 0.6 is 0 Å². The van der Waals surface area contributed by atoms with Gasteiger partial charge in [-0.1, -0.05) is 24.3 Å². The summed E-state index contributed by atoms with van der Waals surface area (Å²) >= 11 is 0. The first-order valence-electron chi connectivity index (χ1n) is 6.88. The Kier molecular flexibility index (Phi) is 3.22. The highest BCUT2D eigenvalue weighted by Crippen LogP contribution is 2.45. The molecule has 3 heteroatoms. The minimum atomic E-state index is -1.09. The van der Waals surface area contributed by atoms with Crippen LogP contribution in [0.3, 0.4) is 0 Å². The van der Waals surface area contributed by atoms with Crippen molar-refractivity contribution in [3.05, 3.63) is 65.0 Å². The van der Waals surface area contributed by atoms with Gasteiger partial charge in [0.05, 0.1) is 6.61 Å². The summed E-state index contributed by atoms with van der Waals surface area (Å²) in [6.45, 7) is 2.46. The third-order valence-corrected chi connectivity index (χ3v) is 3.90. The van der Waals surface area contributed by atoms with Crippen molar-refractivity contribution >= 4 is 0 Å². The number of ether oxygens (including phenoxy) is 1. The smallest absolute Gasteiger partial charge is 0.125 e. The number of hydrogen-bond donors (Lipinski definition) is 1. The van der Waals surface area contributed by atoms with Crippen molar-refractivity contribution in [3.8, 4) is 5.75 Å². The van der Waals surface area contributed by atoms with E-state index in [-0.39, 0.29) is 5.82 Å². The fraction of sp³-hybridized carbons (Fsp3) is 0.294. The molecule has 2 aromatic rings. The van der Waals surface area contributed by atoms with E-state index in [1.165, 1.54) is 12.1 Å². The van der Waals surface area contributed by atoms with Crippen molar-refractivity contribution in [1.82, 2.24) is 0 Å². The average Bonchev–Trinajstić information content (AvgIpc) is 2.78. The largest absolute Gasteiger partial charge is 0.493 e. The Balaban J connectivity index is 2.12. The summed E-state index contributed by atoms with van der Waals surface area (Å²) < 4.78 is 18.9. The van der Waals surface area contributed by atoms with Crippen LogP contribution in [0.2, 0.25) is 0 Å². The number of aliphatic hydroxyl groups is 1. The Hall–Kier alpha value is -1.87. The summed E-state index contributed by atoms with van der Waals surface area (Å²) in [6, 6.07) is 12.1. The van der Waals surface area contributed by atoms with Gasteiger partial charge in [-0.15, -0.1) is 0 Å². The molecule has 0 heterocycles. The summed E-state index contributed by atoms with van der Waals surface area (Å²) in [5.41, 5.74) is 1.33. The molecule has 1 unspecified atom stereocenters. The van der Waals surface area contributed by atoms with E-state index in [9.17, 15) is 9.50 Å². The molecule has 0 amide bonds. The van der Waals surface area contributed by atoms with E-state index in [1.807, 2.05) is 31.2 Å². The molecule has 0 fully saturated rings. The van der Waals surface area contributed by atoms with Crippen LogP contribution in [0.4, 0.5) is 4.39 Å². The van der Waals surface area contributed by atoms with E-state index in [2.05, 4.69) is 0 Å². The fourth-order valence-electron chi connectivity index (χ4n) is 2.99. The van der Waals surface area contributed by atoms with E-state index in [1.54, 1.807) is 6.07 Å². The lowest BCUT2D eigenvalue weighted by Crippen LogP contribution is -2.24. The number of para-hydroxylation sites is 1. The van der Waals surface area contributed by atoms with Gasteiger partial charge in [0.2, 0.25) is 0 Å². The Morgan fingerprint density at radius 3 is 2.80 bits per heavy atom. The standard InChI is InChI=1S/C17H17FO2/c1-2-20-16-6-4-3-5-15(16)17(19)10-9-12-11-13(18)7-8-14(12)17/h3-8,11,19H,2,9-10H2,1H3. The van der Waals surface area contributed by atoms with Crippen LogP contribution in [0.15, 0.2) is 42.5 Å². The molecule has 1 N–H and O–H groups in total. The summed E-state index contributed by atoms with van der Waals surface area (Å²) in [5, 5.41) is 11.1. The van der Waals surface area contributed by atoms with Crippen LogP contribution in [0.5, 0.6) is 5.75 Å². The molecule has 0 saturated heterocycles. The van der Waals surface area contributed by atoms with Crippen LogP contribution in [0, 0.1) is 5.82 Å². The molecule has 2 aromatic carbocycles. The second-order valence-corrected chi connectivity index (χ2v) is 5.09. The third kappa shape index (κ3) is 1.98. The highest BCUT2D eigenvalue weighted by atomic mass is 19.1. The molecule has 0 radical (unpaired) electrons. The van der Waals surface area contributed by atoms with Crippen LogP contribution in [-0.4, -0.2) is 11.7 Å². The Morgan fingerprint density at radius 1 is 1.20 bits per heavy atom. The molecule has 20 heavy (non-hydrogen) atoms. The van der Waals surface area contributed by atoms with Crippen molar-refractivity contribution in [3.63, 3.8) is 0 Å². The van der Waals surface area contributed by atoms with Gasteiger partial charge in [0.25, 0.3) is 0 Å². The number of halogens is 1. The predicted molar refractivity (Wildman–Crippen MR) is 75.3 cm³/mol. The van der Waals surface area contributed by atoms with E-state index in [0.29, 0.717) is 25.2 Å². The molecule has 1 aliphatic rings. The Bertz CT molecular complexity index is 639. The molecule has 1 atom stereocenters. The summed E-state index contributed by atoms with van der Waals surface area (Å²) in [5.74, 6) is 0.431. The second-order valence-electron chi connectivity index (χ2n) is 5.09. The van der Waals surface area contributed by atoms with Crippen molar-refractivity contribution < 1.29 is 14.2 Å². The van der Waals surface area contributed by atoms with Gasteiger partial charge in [-0.3, -0.25) is 0 Å². The highest BCUT2D eigenvalue weighted by Gasteiger charge is 2.40. The maximum absolute atomic E-state index is 13.3. The van der Waals surface area contributed by atoms with Gasteiger partial charge in [0.15, 0.2) is 0 Å². The minimum Gasteiger partial charge on any atom is -0.493 e. The van der Waals surface area contributed by atoms with Crippen molar-refractivity contribution in [2.24, 2.45) is 0 Å². The lowest BCUT2D eigenvalue weighted by atomic mass is 9.87. The zero-order valence-corrected chi connectivity index (χ0v) is 11.4. The molecule has 0 aliphatic heterocycles. The molecule has 0 bridgehead atoms. The van der Waals surface area contributed by atoms with Crippen LogP contribution in [-0.2, 0) is 12.0 Å². The third-order valence-electron chi connectivity index (χ3n) is 3.90. The van der Waals surface area contributed by atoms with Gasteiger partial charge < -0.3 is 9.84 Å². The monoisotopic (exact) mass is 272 g/mol. The van der Waals surface area contributed by atoms with Gasteiger partial charge in [0.1, 0.15) is 17.2 Å². The maximum Gasteiger partial charge on any atom is 0.125 e. The SMILES string of the molecule is CCOc1ccccc1C1(O)CCc2cc(F)ccc21. The normalized spacial score (nSPS) is 20.8. The second kappa shape index (κ2) is 4.91. The first kappa shape index (κ1) is 13.1. The molecule has 3 rings (SSSR count). The fourth-order valence-corrected chi connectivity index (χ4v) is 2.99. The quantitative estimate of drug-likeness (QED) is 0.928. The topological polar surface area (TPSA) is 29.5 Å². The first-order chi connectivity index (χ1) is 9.65. The Labute approximate surface area is 117 Å². The Morgan fingerprint density at radius 2 is 2.00 bits per heavy atom. The predicted octanol–water partition coefficient (Wildman–Crippen LogP) is 3.41. The van der Waals surface area contributed by atoms with E-state index < -0.39 is 5.60 Å². The number of benzene rings is 2. The van der Waals surface area contributed by atoms with Crippen molar-refractivity contribution in [1.29, 1.82) is 0 Å². The number of rotatable bonds is 3. The summed E-state index contributed by atoms with van der Waals surface area (Å²) in [4.78, 5) is 0. The number of fused-ring (bicyclic) bond motifs is 1. The van der Waals surface area contributed by atoms with Crippen LogP contribution in [0.1, 0.15) is 30.0 Å². The highest BCUT2D eigenvalue weighted by molar-refractivity contribution is 5.50. The number of aryl methyl sites for hydroxylation is 1. The molecule has 104 valence electrons. The van der Waals surface area contributed by atoms with Crippen molar-refractivity contribution in [2.45, 2.75) is 25.4 Å². The van der Waals surface area contributed by atoms with Crippen LogP contribution in [0.25, 0.3) is 0 Å². The summed E-state index contributed by atoms with van der Waals surface area (Å²) in [7, 11) is 0. The molecular formula is C17H17FO2. The maximum atomic E-state index is 13.3. The molecular weight excluding hydrogens is 255 g/mol. The molecule has 0 aromatic heterocycles. The van der Waals surface area contributed by atoms with Gasteiger partial charge in [0, 0.05) is 5.56 Å². The molecule has 1 aliphatic carbocycles. The van der Waals surface area contributed by atoms with E-state index in [4.69, 9.17) is 4.74 Å². The van der Waals surface area contributed by atoms with Gasteiger partial charge in [-0.25, -0.2) is 4.39 Å². The van der Waals surface area contributed by atoms with Crippen molar-refractivity contribution in [2.75, 3.05) is 6.61 Å². The lowest BCUT2D eigenvalue weighted by Gasteiger charge is -2.26. The zero-order valence-electron chi connectivity index (χ0n) is 11.4. The zero-order chi connectivity index (χ0) is 14.2. The van der Waals surface area contributed by atoms with Gasteiger partial charge in [-0.2, -0.15) is 0 Å².